The highest BCUT2D eigenvalue weighted by atomic mass is 19.1. The predicted molar refractivity (Wildman–Crippen MR) is 81.9 cm³/mol. The molecule has 0 saturated carbocycles. The van der Waals surface area contributed by atoms with Crippen LogP contribution in [0.2, 0.25) is 0 Å². The fourth-order valence-corrected chi connectivity index (χ4v) is 2.49. The molecule has 1 N–H and O–H groups in total. The highest BCUT2D eigenvalue weighted by Gasteiger charge is 2.50. The lowest BCUT2D eigenvalue weighted by molar-refractivity contribution is -0.138. The van der Waals surface area contributed by atoms with E-state index in [1.54, 1.807) is 6.07 Å². The summed E-state index contributed by atoms with van der Waals surface area (Å²) in [5.74, 6) is -1.79. The van der Waals surface area contributed by atoms with Gasteiger partial charge in [0.05, 0.1) is 12.5 Å². The molecule has 24 heavy (non-hydrogen) atoms. The molecule has 0 aliphatic carbocycles. The molecule has 1 aliphatic heterocycles. The van der Waals surface area contributed by atoms with Crippen LogP contribution in [0.1, 0.15) is 18.9 Å². The van der Waals surface area contributed by atoms with Gasteiger partial charge >= 0.3 is 6.03 Å². The zero-order chi connectivity index (χ0) is 17.9. The highest BCUT2D eigenvalue weighted by molar-refractivity contribution is 6.09. The normalized spacial score (nSPS) is 19.8. The quantitative estimate of drug-likeness (QED) is 0.813. The second-order valence-electron chi connectivity index (χ2n) is 5.65. The molecule has 1 atom stereocenters. The van der Waals surface area contributed by atoms with Gasteiger partial charge in [0.2, 0.25) is 5.91 Å². The average Bonchev–Trinajstić information content (AvgIpc) is 2.76. The first kappa shape index (κ1) is 17.4. The Morgan fingerprint density at radius 1 is 1.42 bits per heavy atom. The molecule has 126 valence electrons. The van der Waals surface area contributed by atoms with Gasteiger partial charge < -0.3 is 10.2 Å². The Morgan fingerprint density at radius 2 is 2.08 bits per heavy atom. The van der Waals surface area contributed by atoms with E-state index in [0.29, 0.717) is 0 Å². The molecule has 0 radical (unpaired) electrons. The third-order valence-electron chi connectivity index (χ3n) is 3.97. The zero-order valence-corrected chi connectivity index (χ0v) is 13.4. The van der Waals surface area contributed by atoms with Crippen molar-refractivity contribution in [2.75, 3.05) is 20.1 Å². The van der Waals surface area contributed by atoms with Crippen LogP contribution in [0.5, 0.6) is 0 Å². The van der Waals surface area contributed by atoms with E-state index in [1.807, 2.05) is 6.07 Å². The lowest BCUT2D eigenvalue weighted by atomic mass is 9.91. The van der Waals surface area contributed by atoms with Crippen molar-refractivity contribution in [3.05, 3.63) is 35.6 Å². The van der Waals surface area contributed by atoms with E-state index < -0.39 is 35.7 Å². The van der Waals surface area contributed by atoms with Gasteiger partial charge in [-0.05, 0) is 13.0 Å². The second kappa shape index (κ2) is 6.66. The number of nitrogens with zero attached hydrogens (tertiary/aromatic N) is 3. The highest BCUT2D eigenvalue weighted by Crippen LogP contribution is 2.30. The van der Waals surface area contributed by atoms with E-state index in [4.69, 9.17) is 5.26 Å². The van der Waals surface area contributed by atoms with E-state index >= 15 is 0 Å². The number of nitriles is 1. The molecular formula is C16H17FN4O3. The van der Waals surface area contributed by atoms with Gasteiger partial charge in [0.15, 0.2) is 0 Å². The van der Waals surface area contributed by atoms with Crippen LogP contribution in [0.25, 0.3) is 0 Å². The van der Waals surface area contributed by atoms with Crippen molar-refractivity contribution in [1.82, 2.24) is 15.1 Å². The Bertz CT molecular complexity index is 730. The Balaban J connectivity index is 2.19. The molecule has 0 unspecified atom stereocenters. The summed E-state index contributed by atoms with van der Waals surface area (Å²) in [6.07, 6.45) is 0.148. The molecular weight excluding hydrogens is 315 g/mol. The molecule has 1 saturated heterocycles. The molecule has 2 rings (SSSR count). The maximum absolute atomic E-state index is 14.0. The number of likely N-dealkylation sites (N-methyl/N-ethyl adjacent to an activating group) is 1. The van der Waals surface area contributed by atoms with Crippen LogP contribution in [0.4, 0.5) is 9.18 Å². The molecule has 0 spiro atoms. The maximum Gasteiger partial charge on any atom is 0.325 e. The topological polar surface area (TPSA) is 93.5 Å². The zero-order valence-electron chi connectivity index (χ0n) is 13.4. The van der Waals surface area contributed by atoms with E-state index in [9.17, 15) is 18.8 Å². The summed E-state index contributed by atoms with van der Waals surface area (Å²) in [7, 11) is 1.48. The standard InChI is InChI=1S/C16H17FN4O3/c1-16(11-6-3-4-7-12(11)17)14(23)21(15(24)19-16)10-13(22)20(2)9-5-8-18/h3-4,6-7H,5,9-10H2,1-2H3,(H,19,24)/t16-/m1/s1. The number of halogens is 1. The van der Waals surface area contributed by atoms with Gasteiger partial charge in [-0.15, -0.1) is 0 Å². The van der Waals surface area contributed by atoms with Gasteiger partial charge in [-0.1, -0.05) is 18.2 Å². The lowest BCUT2D eigenvalue weighted by Crippen LogP contribution is -2.44. The summed E-state index contributed by atoms with van der Waals surface area (Å²) in [4.78, 5) is 38.8. The van der Waals surface area contributed by atoms with Crippen molar-refractivity contribution in [3.63, 3.8) is 0 Å². The van der Waals surface area contributed by atoms with Crippen LogP contribution in [0, 0.1) is 17.1 Å². The van der Waals surface area contributed by atoms with Gasteiger partial charge in [0.1, 0.15) is 17.9 Å². The number of imide groups is 1. The number of amides is 4. The Morgan fingerprint density at radius 3 is 2.71 bits per heavy atom. The number of carbonyl (C=O) groups excluding carboxylic acids is 3. The summed E-state index contributed by atoms with van der Waals surface area (Å²) in [5, 5.41) is 11.0. The molecule has 7 nitrogen and oxygen atoms in total. The fourth-order valence-electron chi connectivity index (χ4n) is 2.49. The minimum Gasteiger partial charge on any atom is -0.343 e. The van der Waals surface area contributed by atoms with Crippen LogP contribution >= 0.6 is 0 Å². The fraction of sp³-hybridized carbons (Fsp3) is 0.375. The van der Waals surface area contributed by atoms with E-state index in [-0.39, 0.29) is 18.5 Å². The number of hydrogen-bond acceptors (Lipinski definition) is 4. The third kappa shape index (κ3) is 3.06. The van der Waals surface area contributed by atoms with Gasteiger partial charge in [-0.25, -0.2) is 9.18 Å². The van der Waals surface area contributed by atoms with E-state index in [1.165, 1.54) is 37.1 Å². The second-order valence-corrected chi connectivity index (χ2v) is 5.65. The van der Waals surface area contributed by atoms with Crippen LogP contribution in [0.15, 0.2) is 24.3 Å². The SMILES string of the molecule is CN(CCC#N)C(=O)CN1C(=O)N[C@](C)(c2ccccc2F)C1=O. The monoisotopic (exact) mass is 332 g/mol. The molecule has 1 heterocycles. The summed E-state index contributed by atoms with van der Waals surface area (Å²) in [5.41, 5.74) is -1.52. The summed E-state index contributed by atoms with van der Waals surface area (Å²) in [6.45, 7) is 1.13. The molecule has 1 fully saturated rings. The molecule has 8 heteroatoms. The minimum atomic E-state index is -1.56. The van der Waals surface area contributed by atoms with Crippen molar-refractivity contribution in [3.8, 4) is 6.07 Å². The summed E-state index contributed by atoms with van der Waals surface area (Å²) < 4.78 is 14.0. The first-order valence-corrected chi connectivity index (χ1v) is 7.31. The predicted octanol–water partition coefficient (Wildman–Crippen LogP) is 0.965. The lowest BCUT2D eigenvalue weighted by Gasteiger charge is -2.23. The number of carbonyl (C=O) groups is 3. The first-order chi connectivity index (χ1) is 11.3. The van der Waals surface area contributed by atoms with Crippen LogP contribution < -0.4 is 5.32 Å². The third-order valence-corrected chi connectivity index (χ3v) is 3.97. The Kier molecular flexibility index (Phi) is 4.83. The Hall–Kier alpha value is -2.95. The first-order valence-electron chi connectivity index (χ1n) is 7.31. The number of nitrogens with one attached hydrogen (secondary N) is 1. The van der Waals surface area contributed by atoms with Crippen LogP contribution in [0.3, 0.4) is 0 Å². The average molecular weight is 332 g/mol. The maximum atomic E-state index is 14.0. The van der Waals surface area contributed by atoms with Crippen LogP contribution in [-0.2, 0) is 15.1 Å². The van der Waals surface area contributed by atoms with Crippen molar-refractivity contribution in [1.29, 1.82) is 5.26 Å². The summed E-state index contributed by atoms with van der Waals surface area (Å²) >= 11 is 0. The van der Waals surface area contributed by atoms with Crippen molar-refractivity contribution in [2.24, 2.45) is 0 Å². The van der Waals surface area contributed by atoms with Gasteiger partial charge in [0, 0.05) is 19.2 Å². The van der Waals surface area contributed by atoms with Gasteiger partial charge in [-0.3, -0.25) is 14.5 Å². The van der Waals surface area contributed by atoms with Gasteiger partial charge in [0.25, 0.3) is 5.91 Å². The molecule has 1 aromatic rings. The molecule has 1 aliphatic rings. The number of rotatable bonds is 5. The van der Waals surface area contributed by atoms with Gasteiger partial charge in [-0.2, -0.15) is 5.26 Å². The minimum absolute atomic E-state index is 0.0381. The summed E-state index contributed by atoms with van der Waals surface area (Å²) in [6, 6.07) is 6.81. The molecule has 0 aromatic heterocycles. The number of hydrogen-bond donors (Lipinski definition) is 1. The van der Waals surface area contributed by atoms with E-state index in [2.05, 4.69) is 5.32 Å². The van der Waals surface area contributed by atoms with Crippen molar-refractivity contribution in [2.45, 2.75) is 18.9 Å². The number of benzene rings is 1. The van der Waals surface area contributed by atoms with Crippen LogP contribution in [-0.4, -0.2) is 47.8 Å². The van der Waals surface area contributed by atoms with E-state index in [0.717, 1.165) is 4.90 Å². The molecule has 0 bridgehead atoms. The number of urea groups is 1. The smallest absolute Gasteiger partial charge is 0.325 e. The van der Waals surface area contributed by atoms with Crippen molar-refractivity contribution >= 4 is 17.8 Å². The molecule has 1 aromatic carbocycles. The largest absolute Gasteiger partial charge is 0.343 e. The Labute approximate surface area is 138 Å². The molecule has 4 amide bonds. The van der Waals surface area contributed by atoms with Crippen molar-refractivity contribution < 1.29 is 18.8 Å².